The molecule has 2 aromatic heterocycles. The number of nitrogens with one attached hydrogen (secondary N) is 1. The first-order chi connectivity index (χ1) is 9.44. The molecule has 5 heteroatoms. The van der Waals surface area contributed by atoms with Crippen LogP contribution >= 0.6 is 0 Å². The fraction of sp³-hybridized carbons (Fsp3) is 0.333. The van der Waals surface area contributed by atoms with Crippen molar-refractivity contribution in [2.45, 2.75) is 32.9 Å². The van der Waals surface area contributed by atoms with Crippen molar-refractivity contribution in [3.8, 4) is 5.88 Å². The first-order valence-corrected chi connectivity index (χ1v) is 6.40. The molecule has 5 nitrogen and oxygen atoms in total. The Kier molecular flexibility index (Phi) is 4.08. The number of furan rings is 1. The van der Waals surface area contributed by atoms with Gasteiger partial charge in [-0.1, -0.05) is 0 Å². The Labute approximate surface area is 118 Å². The minimum Gasteiger partial charge on any atom is -0.472 e. The van der Waals surface area contributed by atoms with Gasteiger partial charge in [-0.2, -0.15) is 0 Å². The van der Waals surface area contributed by atoms with E-state index >= 15 is 0 Å². The van der Waals surface area contributed by atoms with Crippen LogP contribution in [-0.2, 0) is 6.54 Å². The molecule has 106 valence electrons. The van der Waals surface area contributed by atoms with E-state index in [9.17, 15) is 4.79 Å². The highest BCUT2D eigenvalue weighted by molar-refractivity contribution is 5.94. The van der Waals surface area contributed by atoms with E-state index in [2.05, 4.69) is 10.3 Å². The first-order valence-electron chi connectivity index (χ1n) is 6.40. The van der Waals surface area contributed by atoms with Crippen LogP contribution in [0.5, 0.6) is 5.88 Å². The largest absolute Gasteiger partial charge is 0.472 e. The van der Waals surface area contributed by atoms with Crippen LogP contribution in [-0.4, -0.2) is 16.5 Å². The van der Waals surface area contributed by atoms with Crippen molar-refractivity contribution < 1.29 is 13.9 Å². The third-order valence-electron chi connectivity index (χ3n) is 2.41. The molecular weight excluding hydrogens is 256 g/mol. The summed E-state index contributed by atoms with van der Waals surface area (Å²) in [5, 5.41) is 2.78. The lowest BCUT2D eigenvalue weighted by atomic mass is 10.2. The van der Waals surface area contributed by atoms with Gasteiger partial charge in [0.15, 0.2) is 0 Å². The van der Waals surface area contributed by atoms with Gasteiger partial charge in [0, 0.05) is 17.8 Å². The zero-order valence-electron chi connectivity index (χ0n) is 11.8. The van der Waals surface area contributed by atoms with E-state index in [1.807, 2.05) is 20.8 Å². The lowest BCUT2D eigenvalue weighted by Crippen LogP contribution is -2.25. The summed E-state index contributed by atoms with van der Waals surface area (Å²) in [5.41, 5.74) is 0.154. The summed E-state index contributed by atoms with van der Waals surface area (Å²) >= 11 is 0. The Morgan fingerprint density at radius 3 is 2.85 bits per heavy atom. The van der Waals surface area contributed by atoms with Crippen LogP contribution in [0.15, 0.2) is 41.1 Å². The first kappa shape index (κ1) is 14.1. The molecule has 0 aliphatic rings. The quantitative estimate of drug-likeness (QED) is 0.931. The maximum atomic E-state index is 12.0. The standard InChI is InChI=1S/C15H18N2O3/c1-15(2,3)20-13-9-11(6-7-16-13)14(18)17-10-12-5-4-8-19-12/h4-9H,10H2,1-3H3,(H,17,18). The molecular formula is C15H18N2O3. The molecule has 0 bridgehead atoms. The molecule has 0 unspecified atom stereocenters. The molecule has 2 rings (SSSR count). The third-order valence-corrected chi connectivity index (χ3v) is 2.41. The van der Waals surface area contributed by atoms with Gasteiger partial charge in [-0.25, -0.2) is 4.98 Å². The van der Waals surface area contributed by atoms with Gasteiger partial charge in [0.1, 0.15) is 11.4 Å². The summed E-state index contributed by atoms with van der Waals surface area (Å²) in [4.78, 5) is 16.1. The molecule has 0 saturated carbocycles. The maximum Gasteiger partial charge on any atom is 0.251 e. The van der Waals surface area contributed by atoms with Crippen molar-refractivity contribution in [3.63, 3.8) is 0 Å². The number of aromatic nitrogens is 1. The van der Waals surface area contributed by atoms with Gasteiger partial charge in [-0.05, 0) is 39.0 Å². The molecule has 2 heterocycles. The zero-order chi connectivity index (χ0) is 14.6. The normalized spacial score (nSPS) is 11.2. The lowest BCUT2D eigenvalue weighted by Gasteiger charge is -2.20. The predicted molar refractivity (Wildman–Crippen MR) is 74.5 cm³/mol. The number of amides is 1. The van der Waals surface area contributed by atoms with Crippen molar-refractivity contribution >= 4 is 5.91 Å². The predicted octanol–water partition coefficient (Wildman–Crippen LogP) is 2.78. The van der Waals surface area contributed by atoms with E-state index in [4.69, 9.17) is 9.15 Å². The Balaban J connectivity index is 2.01. The second kappa shape index (κ2) is 5.77. The van der Waals surface area contributed by atoms with Gasteiger partial charge in [-0.15, -0.1) is 0 Å². The highest BCUT2D eigenvalue weighted by Crippen LogP contribution is 2.16. The van der Waals surface area contributed by atoms with Crippen molar-refractivity contribution in [1.29, 1.82) is 0 Å². The number of ether oxygens (including phenoxy) is 1. The minimum atomic E-state index is -0.351. The van der Waals surface area contributed by atoms with Gasteiger partial charge >= 0.3 is 0 Å². The number of hydrogen-bond acceptors (Lipinski definition) is 4. The van der Waals surface area contributed by atoms with Crippen LogP contribution < -0.4 is 10.1 Å². The Morgan fingerprint density at radius 2 is 2.20 bits per heavy atom. The van der Waals surface area contributed by atoms with Gasteiger partial charge < -0.3 is 14.5 Å². The highest BCUT2D eigenvalue weighted by Gasteiger charge is 2.14. The van der Waals surface area contributed by atoms with Crippen molar-refractivity contribution in [2.24, 2.45) is 0 Å². The summed E-state index contributed by atoms with van der Waals surface area (Å²) in [6.07, 6.45) is 3.13. The average Bonchev–Trinajstić information content (AvgIpc) is 2.87. The van der Waals surface area contributed by atoms with Gasteiger partial charge in [0.05, 0.1) is 12.8 Å². The van der Waals surface area contributed by atoms with Crippen LogP contribution in [0.4, 0.5) is 0 Å². The van der Waals surface area contributed by atoms with Crippen molar-refractivity contribution in [3.05, 3.63) is 48.0 Å². The van der Waals surface area contributed by atoms with E-state index in [0.29, 0.717) is 23.7 Å². The molecule has 0 radical (unpaired) electrons. The number of rotatable bonds is 4. The van der Waals surface area contributed by atoms with Gasteiger partial charge in [-0.3, -0.25) is 4.79 Å². The highest BCUT2D eigenvalue weighted by atomic mass is 16.5. The van der Waals surface area contributed by atoms with Crippen LogP contribution in [0, 0.1) is 0 Å². The SMILES string of the molecule is CC(C)(C)Oc1cc(C(=O)NCc2ccco2)ccn1. The lowest BCUT2D eigenvalue weighted by molar-refractivity contribution is 0.0943. The number of carbonyl (C=O) groups excluding carboxylic acids is 1. The Hall–Kier alpha value is -2.30. The summed E-state index contributed by atoms with van der Waals surface area (Å²) in [7, 11) is 0. The summed E-state index contributed by atoms with van der Waals surface area (Å²) in [5.74, 6) is 0.948. The molecule has 0 fully saturated rings. The van der Waals surface area contributed by atoms with E-state index < -0.39 is 0 Å². The smallest absolute Gasteiger partial charge is 0.251 e. The second-order valence-electron chi connectivity index (χ2n) is 5.36. The summed E-state index contributed by atoms with van der Waals surface area (Å²) in [6.45, 7) is 6.14. The zero-order valence-corrected chi connectivity index (χ0v) is 11.8. The number of carbonyl (C=O) groups is 1. The Bertz CT molecular complexity index is 571. The van der Waals surface area contributed by atoms with Gasteiger partial charge in [0.25, 0.3) is 5.91 Å². The third kappa shape index (κ3) is 4.12. The number of pyridine rings is 1. The number of hydrogen-bond donors (Lipinski definition) is 1. The fourth-order valence-corrected chi connectivity index (χ4v) is 1.60. The van der Waals surface area contributed by atoms with Crippen molar-refractivity contribution in [1.82, 2.24) is 10.3 Å². The van der Waals surface area contributed by atoms with E-state index in [1.54, 1.807) is 36.7 Å². The topological polar surface area (TPSA) is 64.4 Å². The molecule has 0 aliphatic carbocycles. The summed E-state index contributed by atoms with van der Waals surface area (Å²) in [6, 6.07) is 6.86. The minimum absolute atomic E-state index is 0.192. The van der Waals surface area contributed by atoms with Crippen LogP contribution in [0.2, 0.25) is 0 Å². The molecule has 0 spiro atoms. The van der Waals surface area contributed by atoms with Crippen molar-refractivity contribution in [2.75, 3.05) is 0 Å². The molecule has 20 heavy (non-hydrogen) atoms. The molecule has 0 aromatic carbocycles. The van der Waals surface area contributed by atoms with Crippen LogP contribution in [0.1, 0.15) is 36.9 Å². The average molecular weight is 274 g/mol. The van der Waals surface area contributed by atoms with Crippen LogP contribution in [0.3, 0.4) is 0 Å². The van der Waals surface area contributed by atoms with E-state index in [1.165, 1.54) is 0 Å². The maximum absolute atomic E-state index is 12.0. The van der Waals surface area contributed by atoms with Gasteiger partial charge in [0.2, 0.25) is 5.88 Å². The molecule has 1 N–H and O–H groups in total. The molecule has 0 saturated heterocycles. The summed E-state index contributed by atoms with van der Waals surface area (Å²) < 4.78 is 10.8. The second-order valence-corrected chi connectivity index (χ2v) is 5.36. The van der Waals surface area contributed by atoms with Crippen LogP contribution in [0.25, 0.3) is 0 Å². The molecule has 0 aliphatic heterocycles. The molecule has 0 atom stereocenters. The number of nitrogens with zero attached hydrogens (tertiary/aromatic N) is 1. The van der Waals surface area contributed by atoms with E-state index in [0.717, 1.165) is 0 Å². The van der Waals surface area contributed by atoms with E-state index in [-0.39, 0.29) is 11.5 Å². The molecule has 1 amide bonds. The Morgan fingerprint density at radius 1 is 1.40 bits per heavy atom. The monoisotopic (exact) mass is 274 g/mol. The fourth-order valence-electron chi connectivity index (χ4n) is 1.60. The molecule has 2 aromatic rings.